The number of sulfonamides is 1. The summed E-state index contributed by atoms with van der Waals surface area (Å²) in [6, 6.07) is 3.06. The Hall–Kier alpha value is -1.60. The minimum atomic E-state index is -3.74. The predicted octanol–water partition coefficient (Wildman–Crippen LogP) is 1.98. The highest BCUT2D eigenvalue weighted by Gasteiger charge is 2.24. The lowest BCUT2D eigenvalue weighted by atomic mass is 10.3. The van der Waals surface area contributed by atoms with Crippen molar-refractivity contribution in [2.24, 2.45) is 0 Å². The van der Waals surface area contributed by atoms with Crippen molar-refractivity contribution in [3.63, 3.8) is 0 Å². The maximum Gasteiger partial charge on any atom is 0.278 e. The second-order valence-electron chi connectivity index (χ2n) is 3.23. The predicted molar refractivity (Wildman–Crippen MR) is 57.2 cm³/mol. The molecule has 7 heteroatoms. The summed E-state index contributed by atoms with van der Waals surface area (Å²) in [6.07, 6.45) is 1.21. The molecule has 0 radical (unpaired) electrons. The van der Waals surface area contributed by atoms with Crippen molar-refractivity contribution in [1.29, 1.82) is 0 Å². The highest BCUT2D eigenvalue weighted by atomic mass is 32.2. The first-order valence-corrected chi connectivity index (χ1v) is 6.36. The van der Waals surface area contributed by atoms with Gasteiger partial charge in [0, 0.05) is 12.6 Å². The lowest BCUT2D eigenvalue weighted by molar-refractivity contribution is 0.364. The first-order valence-electron chi connectivity index (χ1n) is 4.87. The molecule has 0 fully saturated rings. The summed E-state index contributed by atoms with van der Waals surface area (Å²) in [5.74, 6) is 0.104. The van der Waals surface area contributed by atoms with E-state index in [-0.39, 0.29) is 23.0 Å². The third-order valence-electron chi connectivity index (χ3n) is 2.05. The van der Waals surface area contributed by atoms with Crippen LogP contribution in [0.3, 0.4) is 0 Å². The smallest absolute Gasteiger partial charge is 0.278 e. The van der Waals surface area contributed by atoms with Crippen molar-refractivity contribution in [2.45, 2.75) is 12.0 Å². The van der Waals surface area contributed by atoms with Crippen LogP contribution in [0.4, 0.5) is 4.39 Å². The van der Waals surface area contributed by atoms with Crippen LogP contribution in [-0.2, 0) is 10.0 Å². The maximum atomic E-state index is 12.7. The monoisotopic (exact) mass is 259 g/mol. The fraction of sp³-hybridized carbons (Fsp3) is 0.200. The molecule has 0 saturated carbocycles. The highest BCUT2D eigenvalue weighted by Crippen LogP contribution is 2.29. The zero-order valence-corrected chi connectivity index (χ0v) is 9.75. The van der Waals surface area contributed by atoms with E-state index in [1.807, 2.05) is 0 Å². The maximum absolute atomic E-state index is 12.7. The molecule has 1 N–H and O–H groups in total. The van der Waals surface area contributed by atoms with Gasteiger partial charge in [0.25, 0.3) is 16.0 Å². The Morgan fingerprint density at radius 2 is 2.12 bits per heavy atom. The molecule has 2 aromatic rings. The van der Waals surface area contributed by atoms with E-state index in [0.29, 0.717) is 0 Å². The lowest BCUT2D eigenvalue weighted by Crippen LogP contribution is -2.23. The van der Waals surface area contributed by atoms with Crippen molar-refractivity contribution in [3.8, 4) is 11.3 Å². The van der Waals surface area contributed by atoms with Crippen LogP contribution in [0, 0.1) is 6.01 Å². The van der Waals surface area contributed by atoms with Gasteiger partial charge in [-0.25, -0.2) is 13.1 Å². The molecule has 0 atom stereocenters. The van der Waals surface area contributed by atoms with E-state index in [1.165, 1.54) is 18.4 Å². The van der Waals surface area contributed by atoms with Crippen molar-refractivity contribution in [3.05, 3.63) is 30.5 Å². The molecule has 0 bridgehead atoms. The Labute approximate surface area is 97.3 Å². The first kappa shape index (κ1) is 11.9. The molecule has 0 saturated heterocycles. The molecule has 92 valence electrons. The van der Waals surface area contributed by atoms with Gasteiger partial charge in [0.05, 0.1) is 11.8 Å². The largest absolute Gasteiger partial charge is 0.451 e. The molecule has 0 aliphatic heterocycles. The highest BCUT2D eigenvalue weighted by molar-refractivity contribution is 7.89. The second kappa shape index (κ2) is 4.34. The molecule has 2 rings (SSSR count). The zero-order chi connectivity index (χ0) is 12.5. The van der Waals surface area contributed by atoms with E-state index >= 15 is 0 Å². The molecule has 5 nitrogen and oxygen atoms in total. The van der Waals surface area contributed by atoms with Crippen LogP contribution < -0.4 is 4.72 Å². The average Bonchev–Trinajstić information content (AvgIpc) is 2.84. The fourth-order valence-corrected chi connectivity index (χ4v) is 2.55. The molecular formula is C10H10FNO4S. The van der Waals surface area contributed by atoms with Gasteiger partial charge < -0.3 is 8.83 Å². The molecule has 2 aromatic heterocycles. The minimum Gasteiger partial charge on any atom is -0.451 e. The van der Waals surface area contributed by atoms with Crippen LogP contribution in [0.5, 0.6) is 0 Å². The van der Waals surface area contributed by atoms with Gasteiger partial charge in [-0.05, 0) is 12.1 Å². The van der Waals surface area contributed by atoms with E-state index in [0.717, 1.165) is 6.07 Å². The molecule has 0 spiro atoms. The van der Waals surface area contributed by atoms with Crippen LogP contribution in [0.1, 0.15) is 6.92 Å². The van der Waals surface area contributed by atoms with Crippen LogP contribution in [-0.4, -0.2) is 15.0 Å². The first-order chi connectivity index (χ1) is 8.04. The quantitative estimate of drug-likeness (QED) is 0.911. The van der Waals surface area contributed by atoms with E-state index in [1.54, 1.807) is 6.92 Å². The summed E-state index contributed by atoms with van der Waals surface area (Å²) in [4.78, 5) is 0. The van der Waals surface area contributed by atoms with Crippen LogP contribution >= 0.6 is 0 Å². The second-order valence-corrected chi connectivity index (χ2v) is 4.89. The third-order valence-corrected chi connectivity index (χ3v) is 3.52. The number of halogens is 1. The Bertz CT molecular complexity index is 614. The summed E-state index contributed by atoms with van der Waals surface area (Å²) in [5, 5.41) is -0.284. The minimum absolute atomic E-state index is 0.104. The van der Waals surface area contributed by atoms with E-state index in [2.05, 4.69) is 4.72 Å². The van der Waals surface area contributed by atoms with E-state index < -0.39 is 16.0 Å². The number of hydrogen-bond acceptors (Lipinski definition) is 4. The Kier molecular flexibility index (Phi) is 3.03. The van der Waals surface area contributed by atoms with Crippen molar-refractivity contribution >= 4 is 10.0 Å². The molecule has 0 unspecified atom stereocenters. The number of nitrogens with one attached hydrogen (secondary N) is 1. The molecule has 2 heterocycles. The normalized spacial score (nSPS) is 11.9. The summed E-state index contributed by atoms with van der Waals surface area (Å²) in [7, 11) is -3.74. The van der Waals surface area contributed by atoms with Gasteiger partial charge in [0.2, 0.25) is 5.09 Å². The van der Waals surface area contributed by atoms with Gasteiger partial charge >= 0.3 is 0 Å². The zero-order valence-electron chi connectivity index (χ0n) is 8.94. The Balaban J connectivity index is 2.49. The number of rotatable bonds is 4. The SMILES string of the molecule is CCNS(=O)(=O)c1occc1-c1ccc(F)o1. The Morgan fingerprint density at radius 1 is 1.35 bits per heavy atom. The van der Waals surface area contributed by atoms with Crippen LogP contribution in [0.15, 0.2) is 38.4 Å². The van der Waals surface area contributed by atoms with Crippen molar-refractivity contribution < 1.29 is 21.6 Å². The van der Waals surface area contributed by atoms with Crippen LogP contribution in [0.2, 0.25) is 0 Å². The number of hydrogen-bond donors (Lipinski definition) is 1. The Morgan fingerprint density at radius 3 is 2.71 bits per heavy atom. The fourth-order valence-electron chi connectivity index (χ4n) is 1.40. The van der Waals surface area contributed by atoms with Gasteiger partial charge in [-0.2, -0.15) is 4.39 Å². The molecule has 0 aliphatic rings. The van der Waals surface area contributed by atoms with Crippen LogP contribution in [0.25, 0.3) is 11.3 Å². The molecule has 17 heavy (non-hydrogen) atoms. The van der Waals surface area contributed by atoms with E-state index in [9.17, 15) is 12.8 Å². The summed E-state index contributed by atoms with van der Waals surface area (Å²) < 4.78 is 48.2. The molecule has 0 aromatic carbocycles. The summed E-state index contributed by atoms with van der Waals surface area (Å²) >= 11 is 0. The topological polar surface area (TPSA) is 72.5 Å². The van der Waals surface area contributed by atoms with Gasteiger partial charge in [-0.3, -0.25) is 0 Å². The lowest BCUT2D eigenvalue weighted by Gasteiger charge is -2.02. The van der Waals surface area contributed by atoms with E-state index in [4.69, 9.17) is 8.83 Å². The molecular weight excluding hydrogens is 249 g/mol. The number of furan rings is 2. The van der Waals surface area contributed by atoms with Crippen molar-refractivity contribution in [1.82, 2.24) is 4.72 Å². The standard InChI is InChI=1S/C10H10FNO4S/c1-2-12-17(13,14)10-7(5-6-15-10)8-3-4-9(11)16-8/h3-6,12H,2H2,1H3. The third kappa shape index (κ3) is 2.25. The van der Waals surface area contributed by atoms with Gasteiger partial charge in [0.15, 0.2) is 0 Å². The molecule has 0 amide bonds. The van der Waals surface area contributed by atoms with Gasteiger partial charge in [-0.15, -0.1) is 0 Å². The van der Waals surface area contributed by atoms with Gasteiger partial charge in [0.1, 0.15) is 5.76 Å². The summed E-state index contributed by atoms with van der Waals surface area (Å²) in [6.45, 7) is 1.88. The average molecular weight is 259 g/mol. The van der Waals surface area contributed by atoms with Crippen molar-refractivity contribution in [2.75, 3.05) is 6.54 Å². The molecule has 0 aliphatic carbocycles. The van der Waals surface area contributed by atoms with Gasteiger partial charge in [-0.1, -0.05) is 6.92 Å². The summed E-state index contributed by atoms with van der Waals surface area (Å²) in [5.41, 5.74) is 0.190.